The van der Waals surface area contributed by atoms with Crippen molar-refractivity contribution < 1.29 is 63.4 Å². The van der Waals surface area contributed by atoms with Gasteiger partial charge in [0.15, 0.2) is 12.6 Å². The van der Waals surface area contributed by atoms with Crippen LogP contribution in [0, 0.1) is 101 Å². The molecule has 5 N–H and O–H groups in total. The predicted molar refractivity (Wildman–Crippen MR) is 345 cm³/mol. The van der Waals surface area contributed by atoms with Crippen molar-refractivity contribution in [3.8, 4) is 0 Å². The van der Waals surface area contributed by atoms with Crippen molar-refractivity contribution in [2.75, 3.05) is 65.8 Å². The van der Waals surface area contributed by atoms with Crippen molar-refractivity contribution in [3.63, 3.8) is 0 Å². The molecule has 28 atom stereocenters. The van der Waals surface area contributed by atoms with Gasteiger partial charge >= 0.3 is 0 Å². The summed E-state index contributed by atoms with van der Waals surface area (Å²) >= 11 is 0. The van der Waals surface area contributed by atoms with Crippen LogP contribution in [0.3, 0.4) is 0 Å². The van der Waals surface area contributed by atoms with Crippen LogP contribution in [0.5, 0.6) is 0 Å². The first-order chi connectivity index (χ1) is 43.2. The van der Waals surface area contributed by atoms with E-state index in [0.29, 0.717) is 63.8 Å². The number of rotatable bonds is 11. The van der Waals surface area contributed by atoms with E-state index in [-0.39, 0.29) is 86.7 Å². The second kappa shape index (κ2) is 22.1. The molecule has 0 radical (unpaired) electrons. The zero-order chi connectivity index (χ0) is 65.3. The molecule has 6 heterocycles. The van der Waals surface area contributed by atoms with Gasteiger partial charge in [-0.15, -0.1) is 0 Å². The van der Waals surface area contributed by atoms with Gasteiger partial charge in [-0.05, 0) is 227 Å². The van der Waals surface area contributed by atoms with Crippen LogP contribution in [-0.4, -0.2) is 198 Å². The summed E-state index contributed by atoms with van der Waals surface area (Å²) in [5, 5.41) is 61.6. The molecule has 6 saturated heterocycles. The van der Waals surface area contributed by atoms with Crippen molar-refractivity contribution in [2.45, 2.75) is 297 Å². The molecule has 6 aliphatic heterocycles. The molecule has 0 bridgehead atoms. The minimum absolute atomic E-state index is 0.0147. The molecule has 92 heavy (non-hydrogen) atoms. The molecule has 0 aromatic carbocycles. The molecule has 18 heteroatoms. The van der Waals surface area contributed by atoms with E-state index in [9.17, 15) is 31.1 Å². The molecule has 0 aromatic heterocycles. The first-order valence-corrected chi connectivity index (χ1v) is 37.3. The minimum atomic E-state index is -1.24. The first-order valence-electron chi connectivity index (χ1n) is 37.3. The number of aliphatic hydroxyl groups excluding tert-OH is 3. The maximum atomic E-state index is 12.5. The summed E-state index contributed by atoms with van der Waals surface area (Å²) in [6, 6.07) is 0.326. The number of fused-ring (bicyclic) bond motifs is 8. The standard InChI is InChI=1S/C37H60N4O6.C37H61NO7/c1-21-16-23(30(39-40-38)33(4,5)43)46-29-28(21)34(6)12-13-37-20-36(37)11-10-26(47-27-17-41(14-15-45-27)22-18-44-19-22)32(2,3)24(36)8-9-25(37)35(34,7)31(29)42;1-21-16-23(30(39)33(4,5)41)44-29-28(21)34(6)12-13-37-20-36(37)11-10-26(45-27-17-38(14-15-43-27)22-18-42-19-22)32(2,3)24(36)8-9-25(37)35(34,7)31(29)40/h21-31,42-43H,8-20H2,1-7H3;21-31,39-41H,8-20H2,1-7H3/t2*21-,23-,24+,25+,26?,27+,28+,29+,30+,31+,34-,35-,36-,37+/m11/s1. The number of azide groups is 1. The predicted octanol–water partition coefficient (Wildman–Crippen LogP) is 10.1. The van der Waals surface area contributed by atoms with Crippen molar-refractivity contribution in [2.24, 2.45) is 107 Å². The number of nitrogens with zero attached hydrogens (tertiary/aromatic N) is 5. The van der Waals surface area contributed by atoms with E-state index < -0.39 is 47.8 Å². The highest BCUT2D eigenvalue weighted by Crippen LogP contribution is 2.91. The third-order valence-electron chi connectivity index (χ3n) is 32.9. The number of morpholine rings is 2. The quantitative estimate of drug-likeness (QED) is 0.0736. The van der Waals surface area contributed by atoms with Crippen LogP contribution in [0.25, 0.3) is 10.4 Å². The molecular formula is C74H121N5O13. The number of hydrogen-bond donors (Lipinski definition) is 5. The summed E-state index contributed by atoms with van der Waals surface area (Å²) in [5.41, 5.74) is 7.69. The van der Waals surface area contributed by atoms with Gasteiger partial charge in [0.2, 0.25) is 0 Å². The Labute approximate surface area is 550 Å². The number of ether oxygens (including phenoxy) is 8. The fraction of sp³-hybridized carbons (Fsp3) is 1.00. The molecule has 4 spiro atoms. The van der Waals surface area contributed by atoms with E-state index in [4.69, 9.17) is 37.9 Å². The fourth-order valence-corrected chi connectivity index (χ4v) is 28.0. The average molecular weight is 1290 g/mol. The second-order valence-corrected chi connectivity index (χ2v) is 37.7. The Bertz CT molecular complexity index is 2840. The van der Waals surface area contributed by atoms with Crippen molar-refractivity contribution in [1.29, 1.82) is 0 Å². The van der Waals surface area contributed by atoms with Crippen LogP contribution in [0.2, 0.25) is 0 Å². The van der Waals surface area contributed by atoms with Crippen LogP contribution in [0.15, 0.2) is 5.11 Å². The van der Waals surface area contributed by atoms with Crippen LogP contribution < -0.4 is 0 Å². The Morgan fingerprint density at radius 2 is 0.957 bits per heavy atom. The monoisotopic (exact) mass is 1290 g/mol. The highest BCUT2D eigenvalue weighted by atomic mass is 16.7. The lowest BCUT2D eigenvalue weighted by Crippen LogP contribution is -2.60. The Hall–Kier alpha value is -1.29. The highest BCUT2D eigenvalue weighted by Gasteiger charge is 2.87. The molecule has 520 valence electrons. The SMILES string of the molecule is C[C@@H]1C[C@H]([C@H](N=[N+]=[N-])C(C)(C)O)O[C@H]2[C@H]1[C@@]1(C)CC[C@@]34C[C@@]35CCC(O[C@H]3CN(C6COC6)CCO3)C(C)(C)[C@@H]5CC[C@H]4[C@]1(C)[C@H]2O.C[C@@H]1C[C@H]([C@H](O)C(C)(C)O)O[C@H]2[C@H]1[C@@]1(C)CC[C@@]34C[C@@]35CCC(O[C@H]3CN(C6COC6)CCO3)C(C)(C)[C@@H]5CC[C@H]4[C@]1(C)[C@H]2O. The van der Waals surface area contributed by atoms with E-state index in [1.54, 1.807) is 27.7 Å². The van der Waals surface area contributed by atoms with Crippen LogP contribution in [0.1, 0.15) is 200 Å². The Kier molecular flexibility index (Phi) is 16.0. The Balaban J connectivity index is 0.000000153. The lowest BCUT2D eigenvalue weighted by Gasteiger charge is -2.64. The molecule has 16 fully saturated rings. The fourth-order valence-electron chi connectivity index (χ4n) is 28.0. The Morgan fingerprint density at radius 1 is 0.554 bits per heavy atom. The summed E-state index contributed by atoms with van der Waals surface area (Å²) in [6.45, 7) is 39.3. The van der Waals surface area contributed by atoms with E-state index in [2.05, 4.69) is 89.1 Å². The van der Waals surface area contributed by atoms with E-state index >= 15 is 0 Å². The zero-order valence-electron chi connectivity index (χ0n) is 58.8. The van der Waals surface area contributed by atoms with Gasteiger partial charge in [0.05, 0.1) is 131 Å². The Morgan fingerprint density at radius 3 is 1.35 bits per heavy atom. The van der Waals surface area contributed by atoms with E-state index in [0.717, 1.165) is 117 Å². The normalized spacial score (nSPS) is 53.9. The van der Waals surface area contributed by atoms with Gasteiger partial charge in [-0.2, -0.15) is 0 Å². The van der Waals surface area contributed by atoms with Gasteiger partial charge in [-0.3, -0.25) is 9.80 Å². The lowest BCUT2D eigenvalue weighted by molar-refractivity contribution is -0.256. The minimum Gasteiger partial charge on any atom is -0.390 e. The summed E-state index contributed by atoms with van der Waals surface area (Å²) in [4.78, 5) is 8.07. The van der Waals surface area contributed by atoms with Crippen LogP contribution in [-0.2, 0) is 37.9 Å². The average Bonchev–Trinajstić information content (AvgIpc) is 1.46. The third-order valence-corrected chi connectivity index (χ3v) is 32.9. The van der Waals surface area contributed by atoms with E-state index in [1.807, 2.05) is 0 Å². The molecule has 2 unspecified atom stereocenters. The molecule has 16 rings (SSSR count). The summed E-state index contributed by atoms with van der Waals surface area (Å²) < 4.78 is 50.6. The van der Waals surface area contributed by atoms with Crippen molar-refractivity contribution >= 4 is 0 Å². The number of hydrogen-bond acceptors (Lipinski definition) is 16. The van der Waals surface area contributed by atoms with Gasteiger partial charge in [-0.1, -0.05) is 74.4 Å². The van der Waals surface area contributed by atoms with Crippen molar-refractivity contribution in [1.82, 2.24) is 9.80 Å². The molecule has 16 aliphatic rings. The molecule has 0 aromatic rings. The van der Waals surface area contributed by atoms with Gasteiger partial charge in [-0.25, -0.2) is 0 Å². The lowest BCUT2D eigenvalue weighted by atomic mass is 9.41. The molecular weight excluding hydrogens is 1170 g/mol. The topological polar surface area (TPSA) is 230 Å². The molecule has 10 aliphatic carbocycles. The first kappa shape index (κ1) is 66.6. The van der Waals surface area contributed by atoms with Crippen molar-refractivity contribution in [3.05, 3.63) is 10.4 Å². The zero-order valence-corrected chi connectivity index (χ0v) is 58.8. The highest BCUT2D eigenvalue weighted by molar-refractivity contribution is 5.35. The third kappa shape index (κ3) is 9.11. The van der Waals surface area contributed by atoms with Gasteiger partial charge < -0.3 is 63.4 Å². The summed E-state index contributed by atoms with van der Waals surface area (Å²) in [5.74, 6) is 3.25. The maximum Gasteiger partial charge on any atom is 0.170 e. The van der Waals surface area contributed by atoms with E-state index in [1.165, 1.54) is 51.4 Å². The van der Waals surface area contributed by atoms with Gasteiger partial charge in [0.25, 0.3) is 0 Å². The summed E-state index contributed by atoms with van der Waals surface area (Å²) in [6.07, 6.45) is 14.5. The molecule has 18 nitrogen and oxygen atoms in total. The van der Waals surface area contributed by atoms with Gasteiger partial charge in [0, 0.05) is 28.8 Å². The number of aliphatic hydroxyl groups is 5. The smallest absolute Gasteiger partial charge is 0.170 e. The largest absolute Gasteiger partial charge is 0.390 e. The molecule has 0 amide bonds. The second-order valence-electron chi connectivity index (χ2n) is 37.7. The van der Waals surface area contributed by atoms with Crippen LogP contribution in [0.4, 0.5) is 0 Å². The maximum absolute atomic E-state index is 12.5. The summed E-state index contributed by atoms with van der Waals surface area (Å²) in [7, 11) is 0. The molecule has 10 saturated carbocycles. The van der Waals surface area contributed by atoms with Crippen LogP contribution >= 0.6 is 0 Å². The van der Waals surface area contributed by atoms with Gasteiger partial charge in [0.1, 0.15) is 6.10 Å².